The Kier molecular flexibility index (Phi) is 4.24. The third-order valence-electron chi connectivity index (χ3n) is 2.32. The van der Waals surface area contributed by atoms with Gasteiger partial charge in [0, 0.05) is 6.04 Å². The third-order valence-corrected chi connectivity index (χ3v) is 2.45. The highest BCUT2D eigenvalue weighted by Crippen LogP contribution is 2.17. The molecule has 0 aromatic carbocycles. The normalized spacial score (nSPS) is 24.5. The minimum absolute atomic E-state index is 0.137. The van der Waals surface area contributed by atoms with Gasteiger partial charge in [-0.15, -0.1) is 11.6 Å². The summed E-state index contributed by atoms with van der Waals surface area (Å²) in [6.07, 6.45) is 8.21. The van der Waals surface area contributed by atoms with Gasteiger partial charge in [0.15, 0.2) is 0 Å². The predicted octanol–water partition coefficient (Wildman–Crippen LogP) is 2.88. The molecule has 1 rings (SSSR count). The molecule has 1 aliphatic carbocycles. The second kappa shape index (κ2) is 5.00. The van der Waals surface area contributed by atoms with Crippen LogP contribution in [0.1, 0.15) is 45.4 Å². The molecule has 1 N–H and O–H groups in total. The lowest BCUT2D eigenvalue weighted by atomic mass is 10.1. The SMILES string of the molecule is CC(Cl)NC1CCCCCC1. The van der Waals surface area contributed by atoms with Crippen LogP contribution in [0.2, 0.25) is 0 Å². The molecule has 1 unspecified atom stereocenters. The van der Waals surface area contributed by atoms with Crippen LogP contribution in [0.4, 0.5) is 0 Å². The van der Waals surface area contributed by atoms with Gasteiger partial charge in [0.05, 0.1) is 5.50 Å². The second-order valence-electron chi connectivity index (χ2n) is 3.47. The molecule has 2 heteroatoms. The molecule has 0 aliphatic heterocycles. The van der Waals surface area contributed by atoms with Gasteiger partial charge in [-0.3, -0.25) is 5.32 Å². The van der Waals surface area contributed by atoms with E-state index in [1.165, 1.54) is 38.5 Å². The molecule has 1 aliphatic rings. The van der Waals surface area contributed by atoms with Gasteiger partial charge in [-0.1, -0.05) is 25.7 Å². The molecule has 1 saturated carbocycles. The Balaban J connectivity index is 2.20. The quantitative estimate of drug-likeness (QED) is 0.387. The maximum Gasteiger partial charge on any atom is 0.0798 e. The summed E-state index contributed by atoms with van der Waals surface area (Å²) in [4.78, 5) is 0. The molecule has 1 nitrogen and oxygen atoms in total. The number of nitrogens with one attached hydrogen (secondary N) is 1. The van der Waals surface area contributed by atoms with Gasteiger partial charge in [0.25, 0.3) is 0 Å². The van der Waals surface area contributed by atoms with Crippen LogP contribution in [0.25, 0.3) is 0 Å². The van der Waals surface area contributed by atoms with Gasteiger partial charge in [-0.2, -0.15) is 0 Å². The van der Waals surface area contributed by atoms with Crippen LogP contribution in [0, 0.1) is 0 Å². The van der Waals surface area contributed by atoms with Crippen LogP contribution in [0.3, 0.4) is 0 Å². The lowest BCUT2D eigenvalue weighted by molar-refractivity contribution is 0.456. The molecular weight excluding hydrogens is 158 g/mol. The molecule has 0 bridgehead atoms. The van der Waals surface area contributed by atoms with Crippen molar-refractivity contribution in [1.29, 1.82) is 0 Å². The van der Waals surface area contributed by atoms with Crippen molar-refractivity contribution in [3.05, 3.63) is 0 Å². The van der Waals surface area contributed by atoms with Crippen molar-refractivity contribution in [2.75, 3.05) is 0 Å². The molecular formula is C9H18ClN. The first-order valence-corrected chi connectivity index (χ1v) is 5.13. The molecule has 0 saturated heterocycles. The highest BCUT2D eigenvalue weighted by molar-refractivity contribution is 6.20. The van der Waals surface area contributed by atoms with Gasteiger partial charge < -0.3 is 0 Å². The zero-order chi connectivity index (χ0) is 8.10. The van der Waals surface area contributed by atoms with E-state index >= 15 is 0 Å². The molecule has 0 amide bonds. The molecule has 0 aromatic heterocycles. The fourth-order valence-electron chi connectivity index (χ4n) is 1.77. The van der Waals surface area contributed by atoms with E-state index in [1.807, 2.05) is 6.92 Å². The van der Waals surface area contributed by atoms with E-state index in [1.54, 1.807) is 0 Å². The second-order valence-corrected chi connectivity index (χ2v) is 4.13. The molecule has 66 valence electrons. The lowest BCUT2D eigenvalue weighted by Gasteiger charge is -2.17. The Morgan fingerprint density at radius 3 is 2.18 bits per heavy atom. The van der Waals surface area contributed by atoms with Crippen LogP contribution in [0.5, 0.6) is 0 Å². The highest BCUT2D eigenvalue weighted by atomic mass is 35.5. The fraction of sp³-hybridized carbons (Fsp3) is 1.00. The molecule has 1 fully saturated rings. The summed E-state index contributed by atoms with van der Waals surface area (Å²) < 4.78 is 0. The monoisotopic (exact) mass is 175 g/mol. The Bertz CT molecular complexity index is 95.7. The number of alkyl halides is 1. The zero-order valence-corrected chi connectivity index (χ0v) is 8.03. The van der Waals surface area contributed by atoms with Crippen molar-refractivity contribution < 1.29 is 0 Å². The van der Waals surface area contributed by atoms with Gasteiger partial charge >= 0.3 is 0 Å². The molecule has 0 heterocycles. The van der Waals surface area contributed by atoms with Crippen molar-refractivity contribution in [2.45, 2.75) is 57.0 Å². The van der Waals surface area contributed by atoms with E-state index in [0.29, 0.717) is 6.04 Å². The summed E-state index contributed by atoms with van der Waals surface area (Å²) in [5.41, 5.74) is 0.137. The van der Waals surface area contributed by atoms with Gasteiger partial charge in [0.2, 0.25) is 0 Å². The number of hydrogen-bond acceptors (Lipinski definition) is 1. The number of rotatable bonds is 2. The Labute approximate surface area is 74.5 Å². The van der Waals surface area contributed by atoms with Crippen LogP contribution in [-0.2, 0) is 0 Å². The summed E-state index contributed by atoms with van der Waals surface area (Å²) in [5.74, 6) is 0. The predicted molar refractivity (Wildman–Crippen MR) is 49.9 cm³/mol. The number of hydrogen-bond donors (Lipinski definition) is 1. The van der Waals surface area contributed by atoms with E-state index in [-0.39, 0.29) is 5.50 Å². The van der Waals surface area contributed by atoms with Crippen LogP contribution in [-0.4, -0.2) is 11.5 Å². The van der Waals surface area contributed by atoms with E-state index in [4.69, 9.17) is 11.6 Å². The van der Waals surface area contributed by atoms with Crippen molar-refractivity contribution in [3.63, 3.8) is 0 Å². The maximum absolute atomic E-state index is 5.85. The number of halogens is 1. The fourth-order valence-corrected chi connectivity index (χ4v) is 1.95. The standard InChI is InChI=1S/C9H18ClN/c1-8(10)11-9-6-4-2-3-5-7-9/h8-9,11H,2-7H2,1H3. The average molecular weight is 176 g/mol. The van der Waals surface area contributed by atoms with Crippen molar-refractivity contribution in [3.8, 4) is 0 Å². The summed E-state index contributed by atoms with van der Waals surface area (Å²) in [6, 6.07) is 0.685. The smallest absolute Gasteiger partial charge is 0.0798 e. The van der Waals surface area contributed by atoms with E-state index < -0.39 is 0 Å². The summed E-state index contributed by atoms with van der Waals surface area (Å²) in [6.45, 7) is 2.01. The van der Waals surface area contributed by atoms with Gasteiger partial charge in [-0.25, -0.2) is 0 Å². The van der Waals surface area contributed by atoms with Crippen LogP contribution >= 0.6 is 11.6 Å². The third kappa shape index (κ3) is 3.97. The van der Waals surface area contributed by atoms with Gasteiger partial charge in [-0.05, 0) is 19.8 Å². The Morgan fingerprint density at radius 1 is 1.18 bits per heavy atom. The lowest BCUT2D eigenvalue weighted by Crippen LogP contribution is -2.32. The van der Waals surface area contributed by atoms with E-state index in [9.17, 15) is 0 Å². The molecule has 0 aromatic rings. The van der Waals surface area contributed by atoms with Crippen molar-refractivity contribution >= 4 is 11.6 Å². The first-order chi connectivity index (χ1) is 5.29. The Hall–Kier alpha value is 0.250. The Morgan fingerprint density at radius 2 is 1.73 bits per heavy atom. The highest BCUT2D eigenvalue weighted by Gasteiger charge is 2.12. The molecule has 1 atom stereocenters. The first-order valence-electron chi connectivity index (χ1n) is 4.69. The summed E-state index contributed by atoms with van der Waals surface area (Å²) in [7, 11) is 0. The summed E-state index contributed by atoms with van der Waals surface area (Å²) >= 11 is 5.85. The molecule has 0 radical (unpaired) electrons. The van der Waals surface area contributed by atoms with E-state index in [2.05, 4.69) is 5.32 Å². The van der Waals surface area contributed by atoms with Crippen molar-refractivity contribution in [2.24, 2.45) is 0 Å². The minimum atomic E-state index is 0.137. The van der Waals surface area contributed by atoms with Crippen molar-refractivity contribution in [1.82, 2.24) is 5.32 Å². The first kappa shape index (κ1) is 9.34. The van der Waals surface area contributed by atoms with Crippen LogP contribution in [0.15, 0.2) is 0 Å². The maximum atomic E-state index is 5.85. The summed E-state index contributed by atoms with van der Waals surface area (Å²) in [5, 5.41) is 3.39. The topological polar surface area (TPSA) is 12.0 Å². The van der Waals surface area contributed by atoms with Gasteiger partial charge in [0.1, 0.15) is 0 Å². The molecule has 0 spiro atoms. The molecule has 11 heavy (non-hydrogen) atoms. The zero-order valence-electron chi connectivity index (χ0n) is 7.28. The van der Waals surface area contributed by atoms with E-state index in [0.717, 1.165) is 0 Å². The average Bonchev–Trinajstić information content (AvgIpc) is 2.14. The largest absolute Gasteiger partial charge is 0.299 e. The minimum Gasteiger partial charge on any atom is -0.299 e. The van der Waals surface area contributed by atoms with Crippen LogP contribution < -0.4 is 5.32 Å².